The van der Waals surface area contributed by atoms with Crippen LogP contribution in [0.15, 0.2) is 48.5 Å². The van der Waals surface area contributed by atoms with E-state index in [4.69, 9.17) is 11.6 Å². The number of aliphatic hydroxyl groups excluding tert-OH is 1. The van der Waals surface area contributed by atoms with Crippen LogP contribution in [0.5, 0.6) is 0 Å². The summed E-state index contributed by atoms with van der Waals surface area (Å²) in [6.45, 7) is 1.11. The van der Waals surface area contributed by atoms with Crippen molar-refractivity contribution in [2.75, 3.05) is 19.7 Å². The second-order valence-corrected chi connectivity index (χ2v) is 8.15. The van der Waals surface area contributed by atoms with Crippen molar-refractivity contribution in [2.24, 2.45) is 5.41 Å². The van der Waals surface area contributed by atoms with E-state index < -0.39 is 5.41 Å². The summed E-state index contributed by atoms with van der Waals surface area (Å²) in [5, 5.41) is 11.5. The number of carbonyl (C=O) groups is 1. The molecule has 2 aromatic carbocycles. The molecule has 146 valence electrons. The smallest absolute Gasteiger partial charge is 0.270 e. The van der Waals surface area contributed by atoms with E-state index >= 15 is 0 Å². The van der Waals surface area contributed by atoms with Gasteiger partial charge in [0.1, 0.15) is 11.5 Å². The minimum absolute atomic E-state index is 0.00120. The second kappa shape index (κ2) is 7.57. The first-order chi connectivity index (χ1) is 13.5. The number of aromatic nitrogens is 1. The Labute approximate surface area is 167 Å². The molecule has 4 rings (SSSR count). The van der Waals surface area contributed by atoms with Crippen LogP contribution in [0, 0.1) is 11.2 Å². The molecular weight excluding hydrogens is 379 g/mol. The molecule has 2 heterocycles. The fourth-order valence-electron chi connectivity index (χ4n) is 4.18. The van der Waals surface area contributed by atoms with Crippen molar-refractivity contribution in [2.45, 2.75) is 19.3 Å². The van der Waals surface area contributed by atoms with Gasteiger partial charge < -0.3 is 15.0 Å². The number of hydrogen-bond donors (Lipinski definition) is 2. The Morgan fingerprint density at radius 2 is 2.11 bits per heavy atom. The molecule has 6 heteroatoms. The Balaban J connectivity index is 1.56. The molecule has 0 radical (unpaired) electrons. The van der Waals surface area contributed by atoms with Crippen LogP contribution >= 0.6 is 11.6 Å². The van der Waals surface area contributed by atoms with Gasteiger partial charge in [0.05, 0.1) is 6.61 Å². The van der Waals surface area contributed by atoms with Gasteiger partial charge in [0.15, 0.2) is 0 Å². The lowest BCUT2D eigenvalue weighted by molar-refractivity contribution is 0.0268. The summed E-state index contributed by atoms with van der Waals surface area (Å²) in [4.78, 5) is 17.9. The molecule has 0 unspecified atom stereocenters. The molecule has 28 heavy (non-hydrogen) atoms. The quantitative estimate of drug-likeness (QED) is 0.681. The maximum atomic E-state index is 13.4. The van der Waals surface area contributed by atoms with Gasteiger partial charge in [-0.05, 0) is 61.2 Å². The molecular formula is C22H22ClFN2O2. The molecule has 1 aliphatic rings. The average molecular weight is 401 g/mol. The van der Waals surface area contributed by atoms with Crippen molar-refractivity contribution in [3.8, 4) is 0 Å². The van der Waals surface area contributed by atoms with Crippen LogP contribution in [-0.2, 0) is 6.42 Å². The number of aromatic amines is 1. The molecule has 0 saturated carbocycles. The Morgan fingerprint density at radius 1 is 1.25 bits per heavy atom. The molecule has 0 aliphatic carbocycles. The topological polar surface area (TPSA) is 56.3 Å². The summed E-state index contributed by atoms with van der Waals surface area (Å²) in [6, 6.07) is 13.7. The monoisotopic (exact) mass is 400 g/mol. The molecule has 1 aliphatic heterocycles. The Hall–Kier alpha value is -2.37. The zero-order chi connectivity index (χ0) is 19.7. The van der Waals surface area contributed by atoms with Crippen LogP contribution in [-0.4, -0.2) is 40.6 Å². The van der Waals surface area contributed by atoms with Crippen molar-refractivity contribution in [3.05, 3.63) is 70.6 Å². The third-order valence-corrected chi connectivity index (χ3v) is 5.80. The number of halogens is 2. The number of nitrogens with one attached hydrogen (secondary N) is 1. The minimum Gasteiger partial charge on any atom is -0.396 e. The number of amides is 1. The van der Waals surface area contributed by atoms with E-state index in [2.05, 4.69) is 4.98 Å². The first-order valence-corrected chi connectivity index (χ1v) is 9.79. The molecule has 0 spiro atoms. The summed E-state index contributed by atoms with van der Waals surface area (Å²) in [5.41, 5.74) is 1.83. The standard InChI is InChI=1S/C22H22ClFN2O2/c23-17-4-1-3-15(9-17)12-22(14-27)7-2-8-26(13-22)21(28)20-11-16-10-18(24)5-6-19(16)25-20/h1,3-6,9-11,25,27H,2,7-8,12-14H2/t22-/m0/s1. The minimum atomic E-state index is -0.392. The Kier molecular flexibility index (Phi) is 5.13. The lowest BCUT2D eigenvalue weighted by Crippen LogP contribution is -2.49. The van der Waals surface area contributed by atoms with Crippen LogP contribution in [0.25, 0.3) is 10.9 Å². The summed E-state index contributed by atoms with van der Waals surface area (Å²) >= 11 is 6.10. The molecule has 2 N–H and O–H groups in total. The number of H-pyrrole nitrogens is 1. The van der Waals surface area contributed by atoms with Crippen LogP contribution in [0.4, 0.5) is 4.39 Å². The predicted molar refractivity (Wildman–Crippen MR) is 108 cm³/mol. The number of hydrogen-bond acceptors (Lipinski definition) is 2. The maximum absolute atomic E-state index is 13.4. The van der Waals surface area contributed by atoms with Crippen molar-refractivity contribution >= 4 is 28.4 Å². The van der Waals surface area contributed by atoms with E-state index in [-0.39, 0.29) is 18.3 Å². The third-order valence-electron chi connectivity index (χ3n) is 5.57. The zero-order valence-corrected chi connectivity index (χ0v) is 16.2. The Bertz CT molecular complexity index is 1020. The normalized spacial score (nSPS) is 19.9. The van der Waals surface area contributed by atoms with E-state index in [1.807, 2.05) is 24.3 Å². The highest BCUT2D eigenvalue weighted by Gasteiger charge is 2.37. The Morgan fingerprint density at radius 3 is 2.89 bits per heavy atom. The highest BCUT2D eigenvalue weighted by Crippen LogP contribution is 2.34. The van der Waals surface area contributed by atoms with E-state index in [1.165, 1.54) is 12.1 Å². The fourth-order valence-corrected chi connectivity index (χ4v) is 4.39. The number of aliphatic hydroxyl groups is 1. The van der Waals surface area contributed by atoms with Gasteiger partial charge in [-0.15, -0.1) is 0 Å². The summed E-state index contributed by atoms with van der Waals surface area (Å²) in [5.74, 6) is -0.454. The highest BCUT2D eigenvalue weighted by atomic mass is 35.5. The van der Waals surface area contributed by atoms with E-state index in [0.717, 1.165) is 23.9 Å². The molecule has 1 atom stereocenters. The number of likely N-dealkylation sites (tertiary alicyclic amines) is 1. The lowest BCUT2D eigenvalue weighted by Gasteiger charge is -2.42. The van der Waals surface area contributed by atoms with Gasteiger partial charge in [0.2, 0.25) is 0 Å². The summed E-state index contributed by atoms with van der Waals surface area (Å²) in [6.07, 6.45) is 2.32. The van der Waals surface area contributed by atoms with Gasteiger partial charge in [-0.2, -0.15) is 0 Å². The van der Waals surface area contributed by atoms with Gasteiger partial charge in [0, 0.05) is 34.4 Å². The molecule has 4 nitrogen and oxygen atoms in total. The number of piperidine rings is 1. The highest BCUT2D eigenvalue weighted by molar-refractivity contribution is 6.30. The largest absolute Gasteiger partial charge is 0.396 e. The SMILES string of the molecule is O=C(c1cc2cc(F)ccc2[nH]1)N1CCC[C@](CO)(Cc2cccc(Cl)c2)C1. The van der Waals surface area contributed by atoms with Crippen molar-refractivity contribution < 1.29 is 14.3 Å². The second-order valence-electron chi connectivity index (χ2n) is 7.71. The van der Waals surface area contributed by atoms with Gasteiger partial charge in [-0.25, -0.2) is 4.39 Å². The van der Waals surface area contributed by atoms with Crippen LogP contribution < -0.4 is 0 Å². The van der Waals surface area contributed by atoms with Crippen molar-refractivity contribution in [3.63, 3.8) is 0 Å². The number of rotatable bonds is 4. The number of nitrogens with zero attached hydrogens (tertiary/aromatic N) is 1. The fraction of sp³-hybridized carbons (Fsp3) is 0.318. The van der Waals surface area contributed by atoms with E-state index in [0.29, 0.717) is 35.6 Å². The van der Waals surface area contributed by atoms with Gasteiger partial charge >= 0.3 is 0 Å². The van der Waals surface area contributed by atoms with E-state index in [9.17, 15) is 14.3 Å². The number of fused-ring (bicyclic) bond motifs is 1. The van der Waals surface area contributed by atoms with Crippen molar-refractivity contribution in [1.82, 2.24) is 9.88 Å². The molecule has 1 saturated heterocycles. The first kappa shape index (κ1) is 19.0. The first-order valence-electron chi connectivity index (χ1n) is 9.41. The van der Waals surface area contributed by atoms with Gasteiger partial charge in [-0.3, -0.25) is 4.79 Å². The van der Waals surface area contributed by atoms with Crippen LogP contribution in [0.1, 0.15) is 28.9 Å². The molecule has 1 aromatic heterocycles. The molecule has 3 aromatic rings. The van der Waals surface area contributed by atoms with Crippen LogP contribution in [0.3, 0.4) is 0 Å². The van der Waals surface area contributed by atoms with Gasteiger partial charge in [0.25, 0.3) is 5.91 Å². The summed E-state index contributed by atoms with van der Waals surface area (Å²) < 4.78 is 13.4. The maximum Gasteiger partial charge on any atom is 0.270 e. The molecule has 1 fully saturated rings. The van der Waals surface area contributed by atoms with Crippen LogP contribution in [0.2, 0.25) is 5.02 Å². The van der Waals surface area contributed by atoms with E-state index in [1.54, 1.807) is 17.0 Å². The predicted octanol–water partition coefficient (Wildman–Crippen LogP) is 4.42. The number of benzene rings is 2. The third kappa shape index (κ3) is 3.77. The lowest BCUT2D eigenvalue weighted by atomic mass is 9.75. The van der Waals surface area contributed by atoms with Gasteiger partial charge in [-0.1, -0.05) is 23.7 Å². The molecule has 0 bridgehead atoms. The van der Waals surface area contributed by atoms with Crippen molar-refractivity contribution in [1.29, 1.82) is 0 Å². The number of carbonyl (C=O) groups excluding carboxylic acids is 1. The average Bonchev–Trinajstić information content (AvgIpc) is 3.10. The summed E-state index contributed by atoms with van der Waals surface area (Å²) in [7, 11) is 0. The molecule has 1 amide bonds. The zero-order valence-electron chi connectivity index (χ0n) is 15.4.